The summed E-state index contributed by atoms with van der Waals surface area (Å²) in [5.41, 5.74) is 2.72. The van der Waals surface area contributed by atoms with Crippen molar-refractivity contribution in [2.75, 3.05) is 0 Å². The van der Waals surface area contributed by atoms with Crippen LogP contribution in [0, 0.1) is 13.8 Å². The lowest BCUT2D eigenvalue weighted by atomic mass is 10.1. The summed E-state index contributed by atoms with van der Waals surface area (Å²) >= 11 is 1.54. The molecule has 0 saturated carbocycles. The Hall–Kier alpha value is -1.95. The number of thiophene rings is 1. The van der Waals surface area contributed by atoms with Gasteiger partial charge in [-0.15, -0.1) is 11.3 Å². The maximum Gasteiger partial charge on any atom is 0.241 e. The Morgan fingerprint density at radius 3 is 2.33 bits per heavy atom. The molecular formula is C19H19NO2S2. The predicted octanol–water partition coefficient (Wildman–Crippen LogP) is 4.43. The number of nitrogens with one attached hydrogen (secondary N) is 1. The summed E-state index contributed by atoms with van der Waals surface area (Å²) in [4.78, 5) is 1.29. The highest BCUT2D eigenvalue weighted by atomic mass is 32.2. The van der Waals surface area contributed by atoms with Crippen molar-refractivity contribution in [3.8, 4) is 0 Å². The lowest BCUT2D eigenvalue weighted by molar-refractivity contribution is 0.572. The Morgan fingerprint density at radius 1 is 0.958 bits per heavy atom. The van der Waals surface area contributed by atoms with Gasteiger partial charge in [-0.3, -0.25) is 0 Å². The largest absolute Gasteiger partial charge is 0.241 e. The monoisotopic (exact) mass is 357 g/mol. The molecule has 1 atom stereocenters. The molecular weight excluding hydrogens is 338 g/mol. The minimum atomic E-state index is -3.62. The maximum atomic E-state index is 12.9. The quantitative estimate of drug-likeness (QED) is 0.734. The normalized spacial score (nSPS) is 12.9. The van der Waals surface area contributed by atoms with E-state index in [1.54, 1.807) is 17.4 Å². The average Bonchev–Trinajstić information content (AvgIpc) is 3.07. The molecule has 124 valence electrons. The van der Waals surface area contributed by atoms with Crippen LogP contribution in [0.1, 0.15) is 27.6 Å². The van der Waals surface area contributed by atoms with Gasteiger partial charge in [-0.05, 0) is 42.5 Å². The Morgan fingerprint density at radius 2 is 1.71 bits per heavy atom. The standard InChI is InChI=1S/C19H19NO2S2/c1-14-10-11-18(15(2)13-14)24(21,22)20-19(17-9-6-12-23-17)16-7-4-3-5-8-16/h3-13,19-20H,1-2H3/t19-/m0/s1. The Kier molecular flexibility index (Phi) is 4.85. The zero-order valence-electron chi connectivity index (χ0n) is 13.6. The smallest absolute Gasteiger partial charge is 0.207 e. The van der Waals surface area contributed by atoms with Crippen molar-refractivity contribution in [1.82, 2.24) is 4.72 Å². The lowest BCUT2D eigenvalue weighted by Crippen LogP contribution is -2.29. The van der Waals surface area contributed by atoms with Gasteiger partial charge in [0.25, 0.3) is 0 Å². The molecule has 0 fully saturated rings. The minimum Gasteiger partial charge on any atom is -0.207 e. The molecule has 0 unspecified atom stereocenters. The molecule has 3 nitrogen and oxygen atoms in total. The molecule has 2 aromatic carbocycles. The predicted molar refractivity (Wildman–Crippen MR) is 98.8 cm³/mol. The molecule has 3 aromatic rings. The molecule has 0 aliphatic rings. The van der Waals surface area contributed by atoms with Crippen molar-refractivity contribution in [3.05, 3.63) is 87.6 Å². The summed E-state index contributed by atoms with van der Waals surface area (Å²) in [6.07, 6.45) is 0. The van der Waals surface area contributed by atoms with Crippen LogP contribution in [0.5, 0.6) is 0 Å². The van der Waals surface area contributed by atoms with Gasteiger partial charge < -0.3 is 0 Å². The van der Waals surface area contributed by atoms with Crippen LogP contribution in [0.3, 0.4) is 0 Å². The summed E-state index contributed by atoms with van der Waals surface area (Å²) in [6, 6.07) is 18.5. The molecule has 1 heterocycles. The third-order valence-corrected chi connectivity index (χ3v) is 6.37. The van der Waals surface area contributed by atoms with Gasteiger partial charge >= 0.3 is 0 Å². The fourth-order valence-electron chi connectivity index (χ4n) is 2.71. The van der Waals surface area contributed by atoms with Crippen LogP contribution in [-0.4, -0.2) is 8.42 Å². The SMILES string of the molecule is Cc1ccc(S(=O)(=O)N[C@@H](c2ccccc2)c2cccs2)c(C)c1. The molecule has 1 N–H and O–H groups in total. The molecule has 1 aromatic heterocycles. The number of aryl methyl sites for hydroxylation is 2. The fraction of sp³-hybridized carbons (Fsp3) is 0.158. The second-order valence-corrected chi connectivity index (χ2v) is 8.41. The van der Waals surface area contributed by atoms with Gasteiger partial charge in [0.05, 0.1) is 10.9 Å². The summed E-state index contributed by atoms with van der Waals surface area (Å²) in [5.74, 6) is 0. The first-order valence-corrected chi connectivity index (χ1v) is 10.0. The molecule has 0 aliphatic carbocycles. The van der Waals surface area contributed by atoms with E-state index in [0.717, 1.165) is 21.6 Å². The third-order valence-electron chi connectivity index (χ3n) is 3.85. The van der Waals surface area contributed by atoms with E-state index in [0.29, 0.717) is 4.90 Å². The van der Waals surface area contributed by atoms with Crippen molar-refractivity contribution in [3.63, 3.8) is 0 Å². The van der Waals surface area contributed by atoms with Crippen molar-refractivity contribution in [1.29, 1.82) is 0 Å². The van der Waals surface area contributed by atoms with Crippen LogP contribution in [0.15, 0.2) is 70.9 Å². The third kappa shape index (κ3) is 3.59. The van der Waals surface area contributed by atoms with Crippen molar-refractivity contribution in [2.24, 2.45) is 0 Å². The fourth-order valence-corrected chi connectivity index (χ4v) is 5.02. The molecule has 0 radical (unpaired) electrons. The van der Waals surface area contributed by atoms with Gasteiger partial charge in [0, 0.05) is 4.88 Å². The first kappa shape index (κ1) is 16.9. The molecule has 0 aliphatic heterocycles. The first-order valence-electron chi connectivity index (χ1n) is 7.65. The van der Waals surface area contributed by atoms with Gasteiger partial charge in [0.1, 0.15) is 0 Å². The van der Waals surface area contributed by atoms with E-state index in [1.807, 2.05) is 73.8 Å². The van der Waals surface area contributed by atoms with E-state index < -0.39 is 16.1 Å². The molecule has 24 heavy (non-hydrogen) atoms. The molecule has 0 saturated heterocycles. The van der Waals surface area contributed by atoms with Crippen LogP contribution < -0.4 is 4.72 Å². The zero-order chi connectivity index (χ0) is 17.2. The van der Waals surface area contributed by atoms with E-state index >= 15 is 0 Å². The highest BCUT2D eigenvalue weighted by Gasteiger charge is 2.24. The van der Waals surface area contributed by atoms with Crippen LogP contribution in [0.2, 0.25) is 0 Å². The topological polar surface area (TPSA) is 46.2 Å². The van der Waals surface area contributed by atoms with Gasteiger partial charge in [0.2, 0.25) is 10.0 Å². The lowest BCUT2D eigenvalue weighted by Gasteiger charge is -2.19. The van der Waals surface area contributed by atoms with Crippen molar-refractivity contribution < 1.29 is 8.42 Å². The summed E-state index contributed by atoms with van der Waals surface area (Å²) < 4.78 is 28.7. The van der Waals surface area contributed by atoms with Crippen molar-refractivity contribution in [2.45, 2.75) is 24.8 Å². The van der Waals surface area contributed by atoms with Crippen LogP contribution in [-0.2, 0) is 10.0 Å². The molecule has 3 rings (SSSR count). The van der Waals surface area contributed by atoms with Gasteiger partial charge in [-0.2, -0.15) is 4.72 Å². The number of sulfonamides is 1. The van der Waals surface area contributed by atoms with E-state index in [2.05, 4.69) is 4.72 Å². The summed E-state index contributed by atoms with van der Waals surface area (Å²) in [5, 5.41) is 1.96. The number of rotatable bonds is 5. The first-order chi connectivity index (χ1) is 11.5. The van der Waals surface area contributed by atoms with E-state index in [9.17, 15) is 8.42 Å². The average molecular weight is 358 g/mol. The van der Waals surface area contributed by atoms with Gasteiger partial charge in [-0.25, -0.2) is 8.42 Å². The maximum absolute atomic E-state index is 12.9. The Balaban J connectivity index is 2.01. The number of hydrogen-bond donors (Lipinski definition) is 1. The number of hydrogen-bond acceptors (Lipinski definition) is 3. The second kappa shape index (κ2) is 6.89. The van der Waals surface area contributed by atoms with Crippen LogP contribution in [0.4, 0.5) is 0 Å². The van der Waals surface area contributed by atoms with Crippen LogP contribution >= 0.6 is 11.3 Å². The summed E-state index contributed by atoms with van der Waals surface area (Å²) in [7, 11) is -3.62. The number of benzene rings is 2. The Labute approximate surface area is 147 Å². The van der Waals surface area contributed by atoms with E-state index in [4.69, 9.17) is 0 Å². The van der Waals surface area contributed by atoms with Crippen LogP contribution in [0.25, 0.3) is 0 Å². The molecule has 0 amide bonds. The van der Waals surface area contributed by atoms with Gasteiger partial charge in [0.15, 0.2) is 0 Å². The summed E-state index contributed by atoms with van der Waals surface area (Å²) in [6.45, 7) is 3.78. The van der Waals surface area contributed by atoms with Gasteiger partial charge in [-0.1, -0.05) is 54.1 Å². The molecule has 5 heteroatoms. The van der Waals surface area contributed by atoms with E-state index in [-0.39, 0.29) is 0 Å². The molecule has 0 spiro atoms. The second-order valence-electron chi connectivity index (χ2n) is 5.75. The Bertz CT molecular complexity index is 917. The minimum absolute atomic E-state index is 0.325. The highest BCUT2D eigenvalue weighted by molar-refractivity contribution is 7.89. The molecule has 0 bridgehead atoms. The van der Waals surface area contributed by atoms with Crippen molar-refractivity contribution >= 4 is 21.4 Å². The zero-order valence-corrected chi connectivity index (χ0v) is 15.2. The van der Waals surface area contributed by atoms with E-state index in [1.165, 1.54) is 0 Å². The highest BCUT2D eigenvalue weighted by Crippen LogP contribution is 2.28.